The molecule has 10 aliphatic rings. The molecular formula is C70H57BN2O. The van der Waals surface area contributed by atoms with Gasteiger partial charge in [0.05, 0.1) is 16.7 Å². The van der Waals surface area contributed by atoms with Gasteiger partial charge in [0.25, 0.3) is 0 Å². The maximum absolute atomic E-state index is 7.42. The molecule has 11 aromatic rings. The van der Waals surface area contributed by atoms with Crippen LogP contribution in [0.25, 0.3) is 93.2 Å². The molecule has 8 saturated carbocycles. The van der Waals surface area contributed by atoms with E-state index in [1.807, 2.05) is 0 Å². The lowest BCUT2D eigenvalue weighted by molar-refractivity contribution is -0.00526. The van der Waals surface area contributed by atoms with Crippen molar-refractivity contribution in [1.29, 1.82) is 0 Å². The fourth-order valence-electron chi connectivity index (χ4n) is 19.5. The summed E-state index contributed by atoms with van der Waals surface area (Å²) in [5, 5.41) is 10.4. The third-order valence-corrected chi connectivity index (χ3v) is 21.6. The van der Waals surface area contributed by atoms with Crippen molar-refractivity contribution >= 4 is 94.4 Å². The standard InChI is InChI=1S/C70H57BN2O/c1-2-8-46(9-3-1)47-14-17-53(18-15-47)73-67-56(20-19-55-58-28-48-10-4-5-11-49(48)30-63(58)74-68(55)67)64-54-13-7-6-12-50(54)29-62-65(64)71(73)60-33-52(70-37-43-25-44(38-70)27-45(26-43)39-70)32-59-57-31-51(16-21-61(57)72(62)66(59)60)69-34-40-22-41(35-69)24-42(23-40)36-69/h1-21,28-33,40-45H,22-27,34-39H2. The lowest BCUT2D eigenvalue weighted by atomic mass is 9.42. The Morgan fingerprint density at radius 3 is 1.77 bits per heavy atom. The molecule has 0 N–H and O–H groups in total. The Bertz CT molecular complexity index is 4220. The monoisotopic (exact) mass is 952 g/mol. The highest BCUT2D eigenvalue weighted by atomic mass is 16.3. The number of hydrogen-bond donors (Lipinski definition) is 0. The Labute approximate surface area is 432 Å². The van der Waals surface area contributed by atoms with Crippen molar-refractivity contribution in [3.63, 3.8) is 0 Å². The molecule has 4 heteroatoms. The number of aromatic nitrogens is 1. The van der Waals surface area contributed by atoms with Crippen molar-refractivity contribution in [3.05, 3.63) is 175 Å². The van der Waals surface area contributed by atoms with E-state index in [1.54, 1.807) is 11.1 Å². The van der Waals surface area contributed by atoms with Gasteiger partial charge in [0, 0.05) is 38.5 Å². The zero-order valence-corrected chi connectivity index (χ0v) is 41.9. The maximum Gasteiger partial charge on any atom is 0.333 e. The van der Waals surface area contributed by atoms with Gasteiger partial charge in [-0.1, -0.05) is 109 Å². The molecule has 0 saturated heterocycles. The van der Waals surface area contributed by atoms with Crippen LogP contribution in [0.3, 0.4) is 0 Å². The Morgan fingerprint density at radius 2 is 1.07 bits per heavy atom. The van der Waals surface area contributed by atoms with Crippen LogP contribution in [0.1, 0.15) is 88.2 Å². The first-order chi connectivity index (χ1) is 36.5. The van der Waals surface area contributed by atoms with E-state index in [4.69, 9.17) is 4.42 Å². The minimum atomic E-state index is -0.103. The molecule has 2 aliphatic heterocycles. The van der Waals surface area contributed by atoms with Gasteiger partial charge in [-0.05, 0) is 238 Å². The summed E-state index contributed by atoms with van der Waals surface area (Å²) in [6.45, 7) is -0.103. The van der Waals surface area contributed by atoms with Crippen LogP contribution in [0.2, 0.25) is 0 Å². The van der Waals surface area contributed by atoms with Crippen molar-refractivity contribution in [1.82, 2.24) is 4.57 Å². The van der Waals surface area contributed by atoms with E-state index in [-0.39, 0.29) is 12.3 Å². The summed E-state index contributed by atoms with van der Waals surface area (Å²) in [6.07, 6.45) is 16.9. The number of benzene rings is 9. The smallest absolute Gasteiger partial charge is 0.333 e. The first-order valence-corrected chi connectivity index (χ1v) is 28.5. The average molecular weight is 953 g/mol. The first kappa shape index (κ1) is 40.4. The predicted octanol–water partition coefficient (Wildman–Crippen LogP) is 16.8. The van der Waals surface area contributed by atoms with Gasteiger partial charge in [-0.2, -0.15) is 0 Å². The van der Waals surface area contributed by atoms with Crippen LogP contribution >= 0.6 is 0 Å². The number of anilines is 2. The molecule has 8 aliphatic carbocycles. The molecular weight excluding hydrogens is 896 g/mol. The third-order valence-electron chi connectivity index (χ3n) is 21.6. The van der Waals surface area contributed by atoms with Gasteiger partial charge in [0.15, 0.2) is 5.58 Å². The summed E-state index contributed by atoms with van der Waals surface area (Å²) in [6, 6.07) is 64.1. The molecule has 8 fully saturated rings. The van der Waals surface area contributed by atoms with E-state index < -0.39 is 0 Å². The molecule has 0 spiro atoms. The quantitative estimate of drug-likeness (QED) is 0.164. The van der Waals surface area contributed by atoms with Crippen molar-refractivity contribution in [3.8, 4) is 27.9 Å². The Morgan fingerprint density at radius 1 is 0.459 bits per heavy atom. The summed E-state index contributed by atoms with van der Waals surface area (Å²) in [5.74, 6) is 5.28. The van der Waals surface area contributed by atoms with Crippen LogP contribution in [0.4, 0.5) is 11.4 Å². The Hall–Kier alpha value is -7.04. The van der Waals surface area contributed by atoms with Gasteiger partial charge in [0.2, 0.25) is 0 Å². The molecule has 356 valence electrons. The zero-order chi connectivity index (χ0) is 47.8. The highest BCUT2D eigenvalue weighted by molar-refractivity contribution is 6.94. The van der Waals surface area contributed by atoms with Crippen molar-refractivity contribution in [2.75, 3.05) is 4.81 Å². The topological polar surface area (TPSA) is 21.3 Å². The molecule has 2 aromatic heterocycles. The number of nitrogens with zero attached hydrogens (tertiary/aromatic N) is 2. The van der Waals surface area contributed by atoms with Gasteiger partial charge in [-0.3, -0.25) is 0 Å². The Balaban J connectivity index is 0.946. The fraction of sp³-hybridized carbons (Fsp3) is 0.286. The number of fused-ring (bicyclic) bond motifs is 14. The van der Waals surface area contributed by atoms with E-state index in [0.29, 0.717) is 5.41 Å². The molecule has 3 nitrogen and oxygen atoms in total. The average Bonchev–Trinajstić information content (AvgIpc) is 3.96. The Kier molecular flexibility index (Phi) is 7.64. The first-order valence-electron chi connectivity index (χ1n) is 28.5. The molecule has 0 atom stereocenters. The van der Waals surface area contributed by atoms with Crippen LogP contribution in [0, 0.1) is 35.5 Å². The molecule has 0 amide bonds. The van der Waals surface area contributed by atoms with E-state index >= 15 is 0 Å². The molecule has 4 heterocycles. The molecule has 9 aromatic carbocycles. The maximum atomic E-state index is 7.42. The van der Waals surface area contributed by atoms with Crippen molar-refractivity contribution in [2.24, 2.45) is 35.5 Å². The van der Waals surface area contributed by atoms with E-state index in [2.05, 4.69) is 173 Å². The molecule has 21 rings (SSSR count). The van der Waals surface area contributed by atoms with Crippen LogP contribution in [-0.2, 0) is 10.8 Å². The molecule has 8 bridgehead atoms. The van der Waals surface area contributed by atoms with Gasteiger partial charge in [0.1, 0.15) is 5.58 Å². The van der Waals surface area contributed by atoms with E-state index in [1.165, 1.54) is 181 Å². The number of hydrogen-bond acceptors (Lipinski definition) is 2. The van der Waals surface area contributed by atoms with Crippen molar-refractivity contribution in [2.45, 2.75) is 87.9 Å². The summed E-state index contributed by atoms with van der Waals surface area (Å²) < 4.78 is 10.2. The minimum Gasteiger partial charge on any atom is -0.454 e. The number of furan rings is 1. The minimum absolute atomic E-state index is 0.103. The van der Waals surface area contributed by atoms with Crippen LogP contribution in [0.15, 0.2) is 168 Å². The third kappa shape index (κ3) is 5.25. The van der Waals surface area contributed by atoms with Crippen LogP contribution in [-0.4, -0.2) is 11.4 Å². The molecule has 0 unspecified atom stereocenters. The lowest BCUT2D eigenvalue weighted by Gasteiger charge is -2.57. The second-order valence-electron chi connectivity index (χ2n) is 25.7. The summed E-state index contributed by atoms with van der Waals surface area (Å²) in [4.78, 5) is 2.76. The van der Waals surface area contributed by atoms with E-state index in [9.17, 15) is 0 Å². The van der Waals surface area contributed by atoms with Crippen LogP contribution in [0.5, 0.6) is 0 Å². The van der Waals surface area contributed by atoms with Gasteiger partial charge in [-0.15, -0.1) is 0 Å². The largest absolute Gasteiger partial charge is 0.454 e. The van der Waals surface area contributed by atoms with Crippen molar-refractivity contribution < 1.29 is 4.42 Å². The van der Waals surface area contributed by atoms with E-state index in [0.717, 1.165) is 46.7 Å². The summed E-state index contributed by atoms with van der Waals surface area (Å²) in [5.41, 5.74) is 20.2. The predicted molar refractivity (Wildman–Crippen MR) is 307 cm³/mol. The SMILES string of the molecule is c1ccc(-c2ccc(N3B4c5c(cc6ccccc6c5-c5ccc6c(oc7cc8ccccc8cc76)c53)-n3c5ccc(C67CC8CC(CC(C8)C6)C7)cc5c5cc(C67CC8CC(CC(C8)C6)C7)cc4c53)cc2)cc1. The number of rotatable bonds is 4. The lowest BCUT2D eigenvalue weighted by Crippen LogP contribution is -2.61. The van der Waals surface area contributed by atoms with Gasteiger partial charge >= 0.3 is 6.85 Å². The van der Waals surface area contributed by atoms with Gasteiger partial charge in [-0.25, -0.2) is 0 Å². The highest BCUT2D eigenvalue weighted by Crippen LogP contribution is 2.63. The van der Waals surface area contributed by atoms with Crippen LogP contribution < -0.4 is 15.7 Å². The highest BCUT2D eigenvalue weighted by Gasteiger charge is 2.54. The normalized spacial score (nSPS) is 27.7. The second-order valence-corrected chi connectivity index (χ2v) is 25.7. The zero-order valence-electron chi connectivity index (χ0n) is 41.9. The second kappa shape index (κ2) is 14.0. The summed E-state index contributed by atoms with van der Waals surface area (Å²) >= 11 is 0. The molecule has 74 heavy (non-hydrogen) atoms. The van der Waals surface area contributed by atoms with Gasteiger partial charge < -0.3 is 13.8 Å². The fourth-order valence-corrected chi connectivity index (χ4v) is 19.5. The summed E-state index contributed by atoms with van der Waals surface area (Å²) in [7, 11) is 0. The molecule has 0 radical (unpaired) electrons.